The Balaban J connectivity index is 1.52. The van der Waals surface area contributed by atoms with Crippen molar-refractivity contribution in [1.29, 1.82) is 0 Å². The molecule has 2 N–H and O–H groups in total. The van der Waals surface area contributed by atoms with Gasteiger partial charge in [-0.25, -0.2) is 9.98 Å². The summed E-state index contributed by atoms with van der Waals surface area (Å²) in [5, 5.41) is 6.77. The van der Waals surface area contributed by atoms with Crippen LogP contribution in [0.25, 0.3) is 0 Å². The van der Waals surface area contributed by atoms with E-state index >= 15 is 0 Å². The van der Waals surface area contributed by atoms with Gasteiger partial charge in [0.25, 0.3) is 0 Å². The standard InChI is InChI=1S/C21H32N6O/c1-2-23-21(24-8-5-10-27-11-9-22-18-27)25-16-19-6-3-4-7-20(19)17-26-12-14-28-15-13-26/h3-4,6-7,9,11,18H,2,5,8,10,12-17H2,1H3,(H2,23,24,25). The number of rotatable bonds is 9. The predicted molar refractivity (Wildman–Crippen MR) is 112 cm³/mol. The van der Waals surface area contributed by atoms with Crippen LogP contribution in [0, 0.1) is 0 Å². The normalized spacial score (nSPS) is 15.5. The van der Waals surface area contributed by atoms with E-state index in [9.17, 15) is 0 Å². The van der Waals surface area contributed by atoms with Gasteiger partial charge in [0.05, 0.1) is 26.1 Å². The van der Waals surface area contributed by atoms with Gasteiger partial charge < -0.3 is 19.9 Å². The molecule has 0 radical (unpaired) electrons. The number of benzene rings is 1. The summed E-state index contributed by atoms with van der Waals surface area (Å²) in [4.78, 5) is 11.3. The van der Waals surface area contributed by atoms with Crippen molar-refractivity contribution in [2.75, 3.05) is 39.4 Å². The zero-order valence-corrected chi connectivity index (χ0v) is 16.8. The summed E-state index contributed by atoms with van der Waals surface area (Å²) in [5.41, 5.74) is 2.63. The van der Waals surface area contributed by atoms with Crippen molar-refractivity contribution in [3.63, 3.8) is 0 Å². The Kier molecular flexibility index (Phi) is 8.33. The number of nitrogens with zero attached hydrogens (tertiary/aromatic N) is 4. The first-order chi connectivity index (χ1) is 13.8. The minimum atomic E-state index is 0.678. The number of hydrogen-bond acceptors (Lipinski definition) is 4. The van der Waals surface area contributed by atoms with Gasteiger partial charge in [-0.1, -0.05) is 24.3 Å². The molecule has 1 fully saturated rings. The summed E-state index contributed by atoms with van der Waals surface area (Å²) in [5.74, 6) is 0.870. The number of hydrogen-bond donors (Lipinski definition) is 2. The molecule has 1 aliphatic heterocycles. The summed E-state index contributed by atoms with van der Waals surface area (Å²) in [7, 11) is 0. The van der Waals surface area contributed by atoms with E-state index in [1.807, 2.05) is 18.7 Å². The number of morpholine rings is 1. The smallest absolute Gasteiger partial charge is 0.191 e. The second-order valence-corrected chi connectivity index (χ2v) is 6.93. The van der Waals surface area contributed by atoms with Crippen molar-refractivity contribution in [2.24, 2.45) is 4.99 Å². The fraction of sp³-hybridized carbons (Fsp3) is 0.524. The highest BCUT2D eigenvalue weighted by molar-refractivity contribution is 5.79. The Bertz CT molecular complexity index is 709. The lowest BCUT2D eigenvalue weighted by Crippen LogP contribution is -2.38. The molecule has 3 rings (SSSR count). The Morgan fingerprint density at radius 1 is 1.18 bits per heavy atom. The average Bonchev–Trinajstić information content (AvgIpc) is 3.24. The van der Waals surface area contributed by atoms with Gasteiger partial charge in [0, 0.05) is 51.7 Å². The second-order valence-electron chi connectivity index (χ2n) is 6.93. The van der Waals surface area contributed by atoms with Gasteiger partial charge in [0.1, 0.15) is 0 Å². The van der Waals surface area contributed by atoms with Crippen molar-refractivity contribution in [3.8, 4) is 0 Å². The third kappa shape index (κ3) is 6.65. The van der Waals surface area contributed by atoms with Crippen LogP contribution < -0.4 is 10.6 Å². The van der Waals surface area contributed by atoms with E-state index in [1.165, 1.54) is 11.1 Å². The molecule has 2 heterocycles. The number of ether oxygens (including phenoxy) is 1. The quantitative estimate of drug-likeness (QED) is 0.392. The molecule has 0 atom stereocenters. The maximum Gasteiger partial charge on any atom is 0.191 e. The molecular weight excluding hydrogens is 352 g/mol. The molecule has 7 heteroatoms. The molecule has 1 aromatic carbocycles. The van der Waals surface area contributed by atoms with Crippen molar-refractivity contribution in [1.82, 2.24) is 25.1 Å². The van der Waals surface area contributed by atoms with E-state index in [0.717, 1.165) is 64.9 Å². The molecule has 1 aromatic heterocycles. The molecule has 7 nitrogen and oxygen atoms in total. The van der Waals surface area contributed by atoms with Crippen LogP contribution in [0.3, 0.4) is 0 Å². The van der Waals surface area contributed by atoms with E-state index in [-0.39, 0.29) is 0 Å². The van der Waals surface area contributed by atoms with Crippen LogP contribution in [0.1, 0.15) is 24.5 Å². The molecule has 0 aliphatic carbocycles. The summed E-state index contributed by atoms with van der Waals surface area (Å²) in [6.07, 6.45) is 6.68. The maximum absolute atomic E-state index is 5.46. The highest BCUT2D eigenvalue weighted by Crippen LogP contribution is 2.14. The van der Waals surface area contributed by atoms with Gasteiger partial charge >= 0.3 is 0 Å². The first kappa shape index (κ1) is 20.4. The third-order valence-electron chi connectivity index (χ3n) is 4.81. The molecule has 0 saturated carbocycles. The van der Waals surface area contributed by atoms with Crippen molar-refractivity contribution >= 4 is 5.96 Å². The summed E-state index contributed by atoms with van der Waals surface area (Å²) < 4.78 is 7.55. The second kappa shape index (κ2) is 11.5. The van der Waals surface area contributed by atoms with E-state index in [2.05, 4.69) is 56.3 Å². The van der Waals surface area contributed by atoms with E-state index < -0.39 is 0 Å². The third-order valence-corrected chi connectivity index (χ3v) is 4.81. The monoisotopic (exact) mass is 384 g/mol. The highest BCUT2D eigenvalue weighted by atomic mass is 16.5. The van der Waals surface area contributed by atoms with Crippen LogP contribution in [0.15, 0.2) is 48.0 Å². The van der Waals surface area contributed by atoms with E-state index in [4.69, 9.17) is 9.73 Å². The number of imidazole rings is 1. The van der Waals surface area contributed by atoms with Crippen LogP contribution in [0.5, 0.6) is 0 Å². The van der Waals surface area contributed by atoms with Crippen LogP contribution in [0.2, 0.25) is 0 Å². The Labute approximate surface area is 167 Å². The van der Waals surface area contributed by atoms with E-state index in [1.54, 1.807) is 0 Å². The molecule has 0 bridgehead atoms. The molecule has 0 spiro atoms. The lowest BCUT2D eigenvalue weighted by molar-refractivity contribution is 0.0341. The maximum atomic E-state index is 5.46. The first-order valence-electron chi connectivity index (χ1n) is 10.2. The molecular formula is C21H32N6O. The topological polar surface area (TPSA) is 66.7 Å². The predicted octanol–water partition coefficient (Wildman–Crippen LogP) is 1.86. The highest BCUT2D eigenvalue weighted by Gasteiger charge is 2.12. The molecule has 152 valence electrons. The molecule has 0 amide bonds. The number of nitrogens with one attached hydrogen (secondary N) is 2. The first-order valence-corrected chi connectivity index (χ1v) is 10.2. The lowest BCUT2D eigenvalue weighted by atomic mass is 10.1. The van der Waals surface area contributed by atoms with Crippen LogP contribution in [-0.4, -0.2) is 59.8 Å². The largest absolute Gasteiger partial charge is 0.379 e. The Hall–Kier alpha value is -2.38. The van der Waals surface area contributed by atoms with Gasteiger partial charge in [-0.05, 0) is 24.5 Å². The van der Waals surface area contributed by atoms with Gasteiger partial charge in [-0.15, -0.1) is 0 Å². The zero-order chi connectivity index (χ0) is 19.4. The van der Waals surface area contributed by atoms with Gasteiger partial charge in [-0.3, -0.25) is 4.90 Å². The van der Waals surface area contributed by atoms with Crippen molar-refractivity contribution < 1.29 is 4.74 Å². The average molecular weight is 385 g/mol. The van der Waals surface area contributed by atoms with Crippen LogP contribution in [-0.2, 0) is 24.4 Å². The fourth-order valence-corrected chi connectivity index (χ4v) is 3.26. The Morgan fingerprint density at radius 2 is 2.00 bits per heavy atom. The molecule has 28 heavy (non-hydrogen) atoms. The minimum Gasteiger partial charge on any atom is -0.379 e. The fourth-order valence-electron chi connectivity index (χ4n) is 3.26. The lowest BCUT2D eigenvalue weighted by Gasteiger charge is -2.27. The summed E-state index contributed by atoms with van der Waals surface area (Å²) >= 11 is 0. The molecule has 1 aliphatic rings. The van der Waals surface area contributed by atoms with Crippen molar-refractivity contribution in [3.05, 3.63) is 54.1 Å². The van der Waals surface area contributed by atoms with E-state index in [0.29, 0.717) is 6.54 Å². The summed E-state index contributed by atoms with van der Waals surface area (Å²) in [6.45, 7) is 10.1. The van der Waals surface area contributed by atoms with Crippen LogP contribution >= 0.6 is 0 Å². The molecule has 2 aromatic rings. The van der Waals surface area contributed by atoms with Gasteiger partial charge in [0.15, 0.2) is 5.96 Å². The molecule has 0 unspecified atom stereocenters. The minimum absolute atomic E-state index is 0.678. The zero-order valence-electron chi connectivity index (χ0n) is 16.8. The number of aryl methyl sites for hydroxylation is 1. The van der Waals surface area contributed by atoms with Gasteiger partial charge in [-0.2, -0.15) is 0 Å². The number of guanidine groups is 1. The SMILES string of the molecule is CCNC(=NCc1ccccc1CN1CCOCC1)NCCCn1ccnc1. The summed E-state index contributed by atoms with van der Waals surface area (Å²) in [6, 6.07) is 8.61. The Morgan fingerprint density at radius 3 is 2.75 bits per heavy atom. The van der Waals surface area contributed by atoms with Gasteiger partial charge in [0.2, 0.25) is 0 Å². The molecule has 1 saturated heterocycles. The number of aromatic nitrogens is 2. The van der Waals surface area contributed by atoms with Crippen molar-refractivity contribution in [2.45, 2.75) is 33.0 Å². The van der Waals surface area contributed by atoms with Crippen LogP contribution in [0.4, 0.5) is 0 Å². The number of aliphatic imine (C=N–C) groups is 1.